The molecule has 0 aliphatic carbocycles. The van der Waals surface area contributed by atoms with Crippen LogP contribution in [-0.2, 0) is 12.4 Å². The lowest BCUT2D eigenvalue weighted by atomic mass is 10.2. The van der Waals surface area contributed by atoms with E-state index in [2.05, 4.69) is 20.8 Å². The highest BCUT2D eigenvalue weighted by Gasteiger charge is 2.31. The number of hydrogen-bond donors (Lipinski definition) is 2. The van der Waals surface area contributed by atoms with E-state index in [9.17, 15) is 35.9 Å². The summed E-state index contributed by atoms with van der Waals surface area (Å²) in [5.74, 6) is 0. The first kappa shape index (κ1) is 30.5. The normalized spacial score (nSPS) is 11.4. The SMILES string of the molecule is CNc1cnn(-c2cccc(C(F)(F)F)c2)c(=O)c1Cl.CNc1cnn(-c2cccc(C(F)(F)F)c2)c(=O)c1Cl. The van der Waals surface area contributed by atoms with E-state index in [4.69, 9.17) is 23.2 Å². The highest BCUT2D eigenvalue weighted by atomic mass is 35.5. The summed E-state index contributed by atoms with van der Waals surface area (Å²) in [6.45, 7) is 0. The van der Waals surface area contributed by atoms with Crippen molar-refractivity contribution in [3.63, 3.8) is 0 Å². The van der Waals surface area contributed by atoms with Crippen LogP contribution in [0.4, 0.5) is 37.7 Å². The molecule has 0 bridgehead atoms. The summed E-state index contributed by atoms with van der Waals surface area (Å²) >= 11 is 11.6. The van der Waals surface area contributed by atoms with E-state index in [1.807, 2.05) is 0 Å². The fourth-order valence-electron chi connectivity index (χ4n) is 3.21. The monoisotopic (exact) mass is 606 g/mol. The van der Waals surface area contributed by atoms with Crippen molar-refractivity contribution >= 4 is 34.6 Å². The van der Waals surface area contributed by atoms with Crippen molar-refractivity contribution in [1.82, 2.24) is 19.6 Å². The largest absolute Gasteiger partial charge is 0.416 e. The number of hydrogen-bond acceptors (Lipinski definition) is 6. The van der Waals surface area contributed by atoms with Crippen LogP contribution in [-0.4, -0.2) is 33.7 Å². The molecular formula is C24H18Cl2F6N6O2. The van der Waals surface area contributed by atoms with Crippen molar-refractivity contribution in [2.45, 2.75) is 12.4 Å². The molecule has 2 aromatic carbocycles. The Hall–Kier alpha value is -4.04. The van der Waals surface area contributed by atoms with E-state index in [0.717, 1.165) is 33.6 Å². The van der Waals surface area contributed by atoms with Gasteiger partial charge in [-0.25, -0.2) is 0 Å². The first-order chi connectivity index (χ1) is 18.7. The maximum atomic E-state index is 12.6. The van der Waals surface area contributed by atoms with Gasteiger partial charge in [0.05, 0.1) is 46.3 Å². The van der Waals surface area contributed by atoms with Crippen molar-refractivity contribution in [3.8, 4) is 11.4 Å². The fourth-order valence-corrected chi connectivity index (χ4v) is 3.66. The molecule has 4 rings (SSSR count). The Morgan fingerprint density at radius 3 is 1.32 bits per heavy atom. The molecule has 212 valence electrons. The molecule has 0 unspecified atom stereocenters. The van der Waals surface area contributed by atoms with Gasteiger partial charge in [-0.3, -0.25) is 9.59 Å². The Morgan fingerprint density at radius 1 is 0.675 bits per heavy atom. The molecule has 2 N–H and O–H groups in total. The third-order valence-corrected chi connectivity index (χ3v) is 5.94. The Bertz CT molecular complexity index is 1520. The van der Waals surface area contributed by atoms with E-state index < -0.39 is 34.6 Å². The van der Waals surface area contributed by atoms with Crippen LogP contribution in [0.25, 0.3) is 11.4 Å². The number of nitrogens with zero attached hydrogens (tertiary/aromatic N) is 4. The first-order valence-corrected chi connectivity index (χ1v) is 11.7. The number of alkyl halides is 6. The summed E-state index contributed by atoms with van der Waals surface area (Å²) in [5, 5.41) is 12.6. The summed E-state index contributed by atoms with van der Waals surface area (Å²) in [7, 11) is 3.11. The van der Waals surface area contributed by atoms with Crippen LogP contribution >= 0.6 is 23.2 Å². The molecule has 0 atom stereocenters. The zero-order valence-electron chi connectivity index (χ0n) is 20.4. The van der Waals surface area contributed by atoms with Crippen LogP contribution in [0, 0.1) is 0 Å². The third kappa shape index (κ3) is 6.74. The summed E-state index contributed by atoms with van der Waals surface area (Å²) < 4.78 is 77.5. The van der Waals surface area contributed by atoms with Crippen molar-refractivity contribution in [3.05, 3.63) is 103 Å². The van der Waals surface area contributed by atoms with Gasteiger partial charge in [0.25, 0.3) is 11.1 Å². The molecule has 0 saturated heterocycles. The lowest BCUT2D eigenvalue weighted by molar-refractivity contribution is -0.138. The van der Waals surface area contributed by atoms with Crippen molar-refractivity contribution in [2.75, 3.05) is 24.7 Å². The smallest absolute Gasteiger partial charge is 0.385 e. The van der Waals surface area contributed by atoms with Gasteiger partial charge in [-0.15, -0.1) is 0 Å². The number of anilines is 2. The van der Waals surface area contributed by atoms with Crippen molar-refractivity contribution in [1.29, 1.82) is 0 Å². The van der Waals surface area contributed by atoms with Gasteiger partial charge >= 0.3 is 12.4 Å². The molecule has 2 aromatic heterocycles. The molecule has 0 aliphatic rings. The van der Waals surface area contributed by atoms with E-state index >= 15 is 0 Å². The van der Waals surface area contributed by atoms with E-state index in [1.54, 1.807) is 14.1 Å². The third-order valence-electron chi connectivity index (χ3n) is 5.21. The molecule has 40 heavy (non-hydrogen) atoms. The van der Waals surface area contributed by atoms with Crippen LogP contribution in [0.2, 0.25) is 10.0 Å². The Morgan fingerprint density at radius 2 is 1.02 bits per heavy atom. The fraction of sp³-hybridized carbons (Fsp3) is 0.167. The Balaban J connectivity index is 0.000000220. The van der Waals surface area contributed by atoms with Gasteiger partial charge in [0, 0.05) is 14.1 Å². The molecule has 16 heteroatoms. The summed E-state index contributed by atoms with van der Waals surface area (Å²) in [5.41, 5.74) is -2.52. The minimum absolute atomic E-state index is 0.00521. The maximum Gasteiger partial charge on any atom is 0.416 e. The van der Waals surface area contributed by atoms with Crippen LogP contribution in [0.3, 0.4) is 0 Å². The van der Waals surface area contributed by atoms with Crippen molar-refractivity contribution < 1.29 is 26.3 Å². The molecule has 0 fully saturated rings. The van der Waals surface area contributed by atoms with Gasteiger partial charge in [0.15, 0.2) is 0 Å². The minimum Gasteiger partial charge on any atom is -0.385 e. The van der Waals surface area contributed by atoms with E-state index in [1.165, 1.54) is 36.7 Å². The molecule has 0 aliphatic heterocycles. The first-order valence-electron chi connectivity index (χ1n) is 11.0. The predicted octanol–water partition coefficient (Wildman–Crippen LogP) is 5.89. The van der Waals surface area contributed by atoms with Crippen molar-refractivity contribution in [2.24, 2.45) is 0 Å². The van der Waals surface area contributed by atoms with Crippen LogP contribution in [0.5, 0.6) is 0 Å². The highest BCUT2D eigenvalue weighted by molar-refractivity contribution is 6.33. The van der Waals surface area contributed by atoms with Crippen LogP contribution in [0.15, 0.2) is 70.5 Å². The molecular weight excluding hydrogens is 589 g/mol. The summed E-state index contributed by atoms with van der Waals surface area (Å²) in [6.07, 6.45) is -6.45. The van der Waals surface area contributed by atoms with Gasteiger partial charge in [0.1, 0.15) is 10.0 Å². The van der Waals surface area contributed by atoms with E-state index in [-0.39, 0.29) is 21.4 Å². The molecule has 8 nitrogen and oxygen atoms in total. The predicted molar refractivity (Wildman–Crippen MR) is 139 cm³/mol. The molecule has 2 heterocycles. The Kier molecular flexibility index (Phi) is 9.15. The molecule has 0 amide bonds. The average molecular weight is 607 g/mol. The van der Waals surface area contributed by atoms with Gasteiger partial charge in [-0.05, 0) is 36.4 Å². The summed E-state index contributed by atoms with van der Waals surface area (Å²) in [6, 6.07) is 8.60. The second-order valence-electron chi connectivity index (χ2n) is 7.77. The van der Waals surface area contributed by atoms with Gasteiger partial charge in [-0.2, -0.15) is 45.9 Å². The number of halogens is 8. The molecule has 0 spiro atoms. The number of rotatable bonds is 4. The number of aromatic nitrogens is 4. The standard InChI is InChI=1S/2C12H9ClF3N3O/c2*1-17-9-6-18-19(11(20)10(9)13)8-4-2-3-7(5-8)12(14,15)16/h2*2-6,17H,1H3. The maximum absolute atomic E-state index is 12.6. The van der Waals surface area contributed by atoms with E-state index in [0.29, 0.717) is 11.4 Å². The van der Waals surface area contributed by atoms with Crippen LogP contribution < -0.4 is 21.8 Å². The lowest BCUT2D eigenvalue weighted by Crippen LogP contribution is -2.22. The van der Waals surface area contributed by atoms with Crippen LogP contribution in [0.1, 0.15) is 11.1 Å². The van der Waals surface area contributed by atoms with Gasteiger partial charge in [-0.1, -0.05) is 35.3 Å². The van der Waals surface area contributed by atoms with Gasteiger partial charge < -0.3 is 10.6 Å². The quantitative estimate of drug-likeness (QED) is 0.281. The average Bonchev–Trinajstić information content (AvgIpc) is 2.91. The molecule has 0 radical (unpaired) electrons. The second-order valence-corrected chi connectivity index (χ2v) is 8.53. The lowest BCUT2D eigenvalue weighted by Gasteiger charge is -2.10. The minimum atomic E-state index is -4.49. The van der Waals surface area contributed by atoms with Gasteiger partial charge in [0.2, 0.25) is 0 Å². The zero-order chi connectivity index (χ0) is 29.8. The molecule has 4 aromatic rings. The molecule has 0 saturated carbocycles. The summed E-state index contributed by atoms with van der Waals surface area (Å²) in [4.78, 5) is 23.9. The number of nitrogens with one attached hydrogen (secondary N) is 2. The number of benzene rings is 2. The second kappa shape index (κ2) is 12.0. The highest BCUT2D eigenvalue weighted by Crippen LogP contribution is 2.31. The Labute approximate surface area is 231 Å². The zero-order valence-corrected chi connectivity index (χ0v) is 21.9. The topological polar surface area (TPSA) is 93.8 Å².